The van der Waals surface area contributed by atoms with Crippen molar-refractivity contribution in [1.82, 2.24) is 15.0 Å². The zero-order valence-electron chi connectivity index (χ0n) is 11.8. The Kier molecular flexibility index (Phi) is 3.90. The molecule has 0 radical (unpaired) electrons. The van der Waals surface area contributed by atoms with Gasteiger partial charge < -0.3 is 18.9 Å². The van der Waals surface area contributed by atoms with Crippen LogP contribution in [0.5, 0.6) is 0 Å². The Labute approximate surface area is 125 Å². The van der Waals surface area contributed by atoms with Crippen LogP contribution in [0.3, 0.4) is 0 Å². The number of nitrogens with zero attached hydrogens (tertiary/aromatic N) is 3. The summed E-state index contributed by atoms with van der Waals surface area (Å²) in [6.45, 7) is 0.483. The molecule has 0 bridgehead atoms. The maximum atomic E-state index is 12.1. The maximum absolute atomic E-state index is 12.1. The lowest BCUT2D eigenvalue weighted by molar-refractivity contribution is -0.148. The molecule has 1 atom stereocenters. The number of carboxylic acids is 1. The van der Waals surface area contributed by atoms with E-state index in [0.717, 1.165) is 0 Å². The van der Waals surface area contributed by atoms with Crippen LogP contribution < -0.4 is 0 Å². The van der Waals surface area contributed by atoms with Crippen LogP contribution in [0.15, 0.2) is 27.3 Å². The Morgan fingerprint density at radius 3 is 3.05 bits per heavy atom. The fourth-order valence-corrected chi connectivity index (χ4v) is 2.54. The first-order valence-corrected chi connectivity index (χ1v) is 7.04. The van der Waals surface area contributed by atoms with E-state index in [9.17, 15) is 9.59 Å². The highest BCUT2D eigenvalue weighted by atomic mass is 16.5. The number of amides is 1. The van der Waals surface area contributed by atoms with E-state index in [-0.39, 0.29) is 18.7 Å². The number of furan rings is 1. The molecule has 0 saturated carbocycles. The molecule has 1 aliphatic heterocycles. The SMILES string of the molecule is O=C(O)[C@H]1CCCN1C(=O)CCc1nc(-c2ccco2)no1. The minimum atomic E-state index is -0.955. The van der Waals surface area contributed by atoms with E-state index >= 15 is 0 Å². The zero-order chi connectivity index (χ0) is 15.5. The summed E-state index contributed by atoms with van der Waals surface area (Å²) in [4.78, 5) is 28.8. The molecule has 3 heterocycles. The van der Waals surface area contributed by atoms with Gasteiger partial charge in [0.25, 0.3) is 0 Å². The molecule has 1 fully saturated rings. The number of aryl methyl sites for hydroxylation is 1. The van der Waals surface area contributed by atoms with Gasteiger partial charge in [0, 0.05) is 19.4 Å². The predicted octanol–water partition coefficient (Wildman–Crippen LogP) is 1.34. The molecule has 116 valence electrons. The Balaban J connectivity index is 1.58. The van der Waals surface area contributed by atoms with Crippen molar-refractivity contribution in [3.8, 4) is 11.6 Å². The molecular weight excluding hydrogens is 290 g/mol. The van der Waals surface area contributed by atoms with Gasteiger partial charge in [0.05, 0.1) is 6.26 Å². The molecule has 2 aromatic heterocycles. The van der Waals surface area contributed by atoms with Crippen LogP contribution in [0.1, 0.15) is 25.2 Å². The van der Waals surface area contributed by atoms with Gasteiger partial charge in [-0.2, -0.15) is 4.98 Å². The Morgan fingerprint density at radius 2 is 2.32 bits per heavy atom. The van der Waals surface area contributed by atoms with Gasteiger partial charge >= 0.3 is 5.97 Å². The molecule has 8 heteroatoms. The summed E-state index contributed by atoms with van der Waals surface area (Å²) in [6, 6.07) is 2.71. The summed E-state index contributed by atoms with van der Waals surface area (Å²) < 4.78 is 10.2. The van der Waals surface area contributed by atoms with E-state index in [4.69, 9.17) is 14.0 Å². The van der Waals surface area contributed by atoms with Crippen molar-refractivity contribution in [3.63, 3.8) is 0 Å². The van der Waals surface area contributed by atoms with E-state index in [2.05, 4.69) is 10.1 Å². The number of carbonyl (C=O) groups excluding carboxylic acids is 1. The average molecular weight is 305 g/mol. The number of hydrogen-bond donors (Lipinski definition) is 1. The number of rotatable bonds is 5. The number of carboxylic acid groups (broad SMARTS) is 1. The second kappa shape index (κ2) is 6.00. The predicted molar refractivity (Wildman–Crippen MR) is 72.7 cm³/mol. The first kappa shape index (κ1) is 14.3. The lowest BCUT2D eigenvalue weighted by Gasteiger charge is -2.20. The molecule has 1 saturated heterocycles. The van der Waals surface area contributed by atoms with Gasteiger partial charge in [0.1, 0.15) is 6.04 Å². The van der Waals surface area contributed by atoms with Gasteiger partial charge in [-0.3, -0.25) is 4.79 Å². The number of hydrogen-bond acceptors (Lipinski definition) is 6. The van der Waals surface area contributed by atoms with Gasteiger partial charge in [0.2, 0.25) is 17.6 Å². The molecule has 2 aromatic rings. The molecule has 8 nitrogen and oxygen atoms in total. The van der Waals surface area contributed by atoms with E-state index in [1.807, 2.05) is 0 Å². The van der Waals surface area contributed by atoms with E-state index in [1.165, 1.54) is 11.2 Å². The van der Waals surface area contributed by atoms with Crippen molar-refractivity contribution >= 4 is 11.9 Å². The molecule has 1 N–H and O–H groups in total. The second-order valence-corrected chi connectivity index (χ2v) is 5.07. The summed E-state index contributed by atoms with van der Waals surface area (Å²) in [5.41, 5.74) is 0. The van der Waals surface area contributed by atoms with Crippen molar-refractivity contribution < 1.29 is 23.6 Å². The first-order chi connectivity index (χ1) is 10.6. The number of aliphatic carboxylic acids is 1. The molecule has 1 amide bonds. The van der Waals surface area contributed by atoms with Crippen LogP contribution in [0, 0.1) is 0 Å². The maximum Gasteiger partial charge on any atom is 0.326 e. The van der Waals surface area contributed by atoms with Crippen molar-refractivity contribution in [1.29, 1.82) is 0 Å². The molecule has 0 spiro atoms. The minimum absolute atomic E-state index is 0.142. The third kappa shape index (κ3) is 2.85. The van der Waals surface area contributed by atoms with Crippen LogP contribution in [-0.4, -0.2) is 44.6 Å². The summed E-state index contributed by atoms with van der Waals surface area (Å²) in [5.74, 6) is -0.0129. The topological polar surface area (TPSA) is 110 Å². The number of likely N-dealkylation sites (tertiary alicyclic amines) is 1. The monoisotopic (exact) mass is 305 g/mol. The van der Waals surface area contributed by atoms with Crippen LogP contribution in [0.2, 0.25) is 0 Å². The quantitative estimate of drug-likeness (QED) is 0.887. The number of carbonyl (C=O) groups is 2. The Morgan fingerprint density at radius 1 is 1.45 bits per heavy atom. The molecule has 0 aromatic carbocycles. The van der Waals surface area contributed by atoms with E-state index in [1.54, 1.807) is 12.1 Å². The zero-order valence-corrected chi connectivity index (χ0v) is 11.8. The molecular formula is C14H15N3O5. The highest BCUT2D eigenvalue weighted by Gasteiger charge is 2.33. The van der Waals surface area contributed by atoms with Crippen LogP contribution in [-0.2, 0) is 16.0 Å². The van der Waals surface area contributed by atoms with E-state index < -0.39 is 12.0 Å². The highest BCUT2D eigenvalue weighted by Crippen LogP contribution is 2.20. The van der Waals surface area contributed by atoms with Crippen molar-refractivity contribution in [2.75, 3.05) is 6.54 Å². The van der Waals surface area contributed by atoms with Crippen LogP contribution in [0.4, 0.5) is 0 Å². The first-order valence-electron chi connectivity index (χ1n) is 7.04. The van der Waals surface area contributed by atoms with Gasteiger partial charge in [-0.15, -0.1) is 0 Å². The summed E-state index contributed by atoms with van der Waals surface area (Å²) in [5, 5.41) is 12.9. The Bertz CT molecular complexity index is 664. The summed E-state index contributed by atoms with van der Waals surface area (Å²) >= 11 is 0. The fraction of sp³-hybridized carbons (Fsp3) is 0.429. The largest absolute Gasteiger partial charge is 0.480 e. The lowest BCUT2D eigenvalue weighted by Crippen LogP contribution is -2.40. The normalized spacial score (nSPS) is 17.8. The lowest BCUT2D eigenvalue weighted by atomic mass is 10.2. The smallest absolute Gasteiger partial charge is 0.326 e. The molecule has 0 aliphatic carbocycles. The minimum Gasteiger partial charge on any atom is -0.480 e. The molecule has 22 heavy (non-hydrogen) atoms. The number of aromatic nitrogens is 2. The van der Waals surface area contributed by atoms with Gasteiger partial charge in [-0.1, -0.05) is 5.16 Å². The third-order valence-corrected chi connectivity index (χ3v) is 3.62. The third-order valence-electron chi connectivity index (χ3n) is 3.62. The summed E-state index contributed by atoms with van der Waals surface area (Å²) in [7, 11) is 0. The van der Waals surface area contributed by atoms with Crippen molar-refractivity contribution in [2.45, 2.75) is 31.7 Å². The average Bonchev–Trinajstić information content (AvgIpc) is 3.23. The van der Waals surface area contributed by atoms with Crippen LogP contribution in [0.25, 0.3) is 11.6 Å². The van der Waals surface area contributed by atoms with E-state index in [0.29, 0.717) is 36.9 Å². The molecule has 1 aliphatic rings. The fourth-order valence-electron chi connectivity index (χ4n) is 2.54. The van der Waals surface area contributed by atoms with Gasteiger partial charge in [-0.05, 0) is 25.0 Å². The van der Waals surface area contributed by atoms with Crippen molar-refractivity contribution in [2.24, 2.45) is 0 Å². The second-order valence-electron chi connectivity index (χ2n) is 5.07. The Hall–Kier alpha value is -2.64. The van der Waals surface area contributed by atoms with Crippen molar-refractivity contribution in [3.05, 3.63) is 24.3 Å². The standard InChI is InChI=1S/C14H15N3O5/c18-12(17-7-1-3-9(17)14(19)20)6-5-11-15-13(16-22-11)10-4-2-8-21-10/h2,4,8-9H,1,3,5-7H2,(H,19,20)/t9-/m1/s1. The summed E-state index contributed by atoms with van der Waals surface area (Å²) in [6.07, 6.45) is 3.14. The van der Waals surface area contributed by atoms with Gasteiger partial charge in [0.15, 0.2) is 5.76 Å². The molecule has 3 rings (SSSR count). The highest BCUT2D eigenvalue weighted by molar-refractivity contribution is 5.84. The molecule has 0 unspecified atom stereocenters. The van der Waals surface area contributed by atoms with Gasteiger partial charge in [-0.25, -0.2) is 4.79 Å². The van der Waals surface area contributed by atoms with Crippen LogP contribution >= 0.6 is 0 Å².